The Morgan fingerprint density at radius 3 is 2.40 bits per heavy atom. The van der Waals surface area contributed by atoms with Gasteiger partial charge in [0.25, 0.3) is 5.69 Å². The van der Waals surface area contributed by atoms with Gasteiger partial charge in [0.1, 0.15) is 29.1 Å². The molecule has 1 saturated heterocycles. The molecule has 198 valence electrons. The molecule has 3 aromatic carbocycles. The fourth-order valence-electron chi connectivity index (χ4n) is 4.81. The van der Waals surface area contributed by atoms with Gasteiger partial charge in [0, 0.05) is 29.6 Å². The predicted molar refractivity (Wildman–Crippen MR) is 156 cm³/mol. The van der Waals surface area contributed by atoms with E-state index >= 15 is 0 Å². The van der Waals surface area contributed by atoms with Crippen molar-refractivity contribution in [1.29, 1.82) is 0 Å². The molecule has 0 bridgehead atoms. The maximum absolute atomic E-state index is 11.1. The Balaban J connectivity index is 1.34. The van der Waals surface area contributed by atoms with Crippen molar-refractivity contribution >= 4 is 28.7 Å². The highest BCUT2D eigenvalue weighted by atomic mass is 32.1. The molecule has 6 rings (SSSR count). The molecule has 1 fully saturated rings. The topological polar surface area (TPSA) is 93.7 Å². The summed E-state index contributed by atoms with van der Waals surface area (Å²) in [5.41, 5.74) is 3.51. The van der Waals surface area contributed by atoms with Gasteiger partial charge in [-0.25, -0.2) is 0 Å². The number of nitro groups is 1. The minimum Gasteiger partial charge on any atom is -0.459 e. The van der Waals surface area contributed by atoms with Crippen LogP contribution in [0.2, 0.25) is 0 Å². The molecule has 9 heteroatoms. The Hall–Kier alpha value is -5.02. The Morgan fingerprint density at radius 1 is 0.950 bits per heavy atom. The molecule has 1 aliphatic heterocycles. The Kier molecular flexibility index (Phi) is 6.71. The molecule has 1 aliphatic rings. The highest BCUT2D eigenvalue weighted by molar-refractivity contribution is 7.80. The van der Waals surface area contributed by atoms with E-state index < -0.39 is 4.92 Å². The van der Waals surface area contributed by atoms with Gasteiger partial charge in [0.15, 0.2) is 5.11 Å². The van der Waals surface area contributed by atoms with Crippen LogP contribution >= 0.6 is 12.2 Å². The van der Waals surface area contributed by atoms with Gasteiger partial charge in [-0.15, -0.1) is 0 Å². The number of para-hydroxylation sites is 1. The van der Waals surface area contributed by atoms with Gasteiger partial charge in [-0.1, -0.05) is 24.3 Å². The van der Waals surface area contributed by atoms with Crippen LogP contribution in [0.4, 0.5) is 11.4 Å². The molecule has 1 N–H and O–H groups in total. The summed E-state index contributed by atoms with van der Waals surface area (Å²) in [6.45, 7) is 2.01. The average Bonchev–Trinajstić information content (AvgIpc) is 3.60. The fraction of sp³-hybridized carbons (Fsp3) is 0.0968. The normalized spacial score (nSPS) is 16.5. The number of aromatic nitrogens is 1. The van der Waals surface area contributed by atoms with Crippen molar-refractivity contribution in [3.8, 4) is 22.8 Å². The van der Waals surface area contributed by atoms with Gasteiger partial charge >= 0.3 is 0 Å². The fourth-order valence-corrected chi connectivity index (χ4v) is 5.15. The van der Waals surface area contributed by atoms with Crippen molar-refractivity contribution in [3.63, 3.8) is 0 Å². The molecular weight excluding hydrogens is 524 g/mol. The highest BCUT2D eigenvalue weighted by Gasteiger charge is 2.42. The van der Waals surface area contributed by atoms with Crippen LogP contribution in [0.25, 0.3) is 11.3 Å². The van der Waals surface area contributed by atoms with Crippen molar-refractivity contribution in [2.24, 2.45) is 0 Å². The number of furan rings is 1. The van der Waals surface area contributed by atoms with Crippen LogP contribution in [0.15, 0.2) is 114 Å². The minimum atomic E-state index is -0.421. The molecule has 0 spiro atoms. The first-order valence-corrected chi connectivity index (χ1v) is 13.1. The van der Waals surface area contributed by atoms with Gasteiger partial charge < -0.3 is 19.4 Å². The van der Waals surface area contributed by atoms with Gasteiger partial charge in [0.2, 0.25) is 0 Å². The number of aryl methyl sites for hydroxylation is 1. The second-order valence-corrected chi connectivity index (χ2v) is 9.75. The molecule has 0 radical (unpaired) electrons. The summed E-state index contributed by atoms with van der Waals surface area (Å²) in [5.74, 6) is 2.80. The number of benzene rings is 3. The lowest BCUT2D eigenvalue weighted by molar-refractivity contribution is -0.384. The second-order valence-electron chi connectivity index (χ2n) is 9.36. The number of hydrogen-bond donors (Lipinski definition) is 1. The van der Waals surface area contributed by atoms with Gasteiger partial charge in [-0.3, -0.25) is 15.1 Å². The number of ether oxygens (including phenoxy) is 1. The zero-order valence-electron chi connectivity index (χ0n) is 21.4. The van der Waals surface area contributed by atoms with Gasteiger partial charge in [-0.2, -0.15) is 0 Å². The van der Waals surface area contributed by atoms with Crippen LogP contribution in [-0.2, 0) is 0 Å². The first kappa shape index (κ1) is 25.3. The first-order chi connectivity index (χ1) is 19.5. The first-order valence-electron chi connectivity index (χ1n) is 12.7. The standard InChI is InChI=1S/C31H24N4O4S/c1-20-6-2-3-8-26(20)38-24-15-13-22(14-16-24)34-30(29(33-31(34)40)25-7-4-5-19-32-25)28-18-17-27(39-28)21-9-11-23(12-10-21)35(36)37/h2-19,29-30H,1H3,(H,33,40)/t29-,30-/m0/s1. The zero-order chi connectivity index (χ0) is 27.6. The molecule has 3 heterocycles. The van der Waals surface area contributed by atoms with Crippen LogP contribution < -0.4 is 15.0 Å². The van der Waals surface area contributed by atoms with E-state index in [-0.39, 0.29) is 17.8 Å². The SMILES string of the molecule is Cc1ccccc1Oc1ccc(N2C(=S)N[C@@H](c3ccccn3)[C@@H]2c2ccc(-c3ccc([N+](=O)[O-])cc3)o2)cc1. The summed E-state index contributed by atoms with van der Waals surface area (Å²) in [4.78, 5) is 17.3. The van der Waals surface area contributed by atoms with Gasteiger partial charge in [0.05, 0.1) is 16.7 Å². The smallest absolute Gasteiger partial charge is 0.269 e. The lowest BCUT2D eigenvalue weighted by atomic mass is 10.0. The number of nitro benzene ring substituents is 1. The number of non-ortho nitro benzene ring substituents is 1. The summed E-state index contributed by atoms with van der Waals surface area (Å²) < 4.78 is 12.5. The molecule has 0 saturated carbocycles. The third-order valence-corrected chi connectivity index (χ3v) is 7.13. The van der Waals surface area contributed by atoms with Crippen molar-refractivity contribution in [3.05, 3.63) is 136 Å². The largest absolute Gasteiger partial charge is 0.459 e. The maximum atomic E-state index is 11.1. The van der Waals surface area contributed by atoms with Crippen molar-refractivity contribution < 1.29 is 14.1 Å². The Morgan fingerprint density at radius 2 is 1.70 bits per heavy atom. The molecule has 2 atom stereocenters. The molecular formula is C31H24N4O4S. The zero-order valence-corrected chi connectivity index (χ0v) is 22.2. The maximum Gasteiger partial charge on any atom is 0.269 e. The number of thiocarbonyl (C=S) groups is 1. The van der Waals surface area contributed by atoms with Crippen LogP contribution in [0.5, 0.6) is 11.5 Å². The van der Waals surface area contributed by atoms with Crippen LogP contribution in [0.3, 0.4) is 0 Å². The van der Waals surface area contributed by atoms with E-state index in [1.807, 2.05) is 90.7 Å². The van der Waals surface area contributed by atoms with Crippen LogP contribution in [0, 0.1) is 17.0 Å². The van der Waals surface area contributed by atoms with E-state index in [1.165, 1.54) is 12.1 Å². The third-order valence-electron chi connectivity index (χ3n) is 6.82. The Labute approximate surface area is 236 Å². The molecule has 0 aliphatic carbocycles. The van der Waals surface area contributed by atoms with Crippen molar-refractivity contribution in [2.45, 2.75) is 19.0 Å². The van der Waals surface area contributed by atoms with E-state index in [2.05, 4.69) is 10.3 Å². The number of rotatable bonds is 7. The lowest BCUT2D eigenvalue weighted by Gasteiger charge is -2.26. The number of hydrogen-bond acceptors (Lipinski definition) is 6. The summed E-state index contributed by atoms with van der Waals surface area (Å²) >= 11 is 5.82. The monoisotopic (exact) mass is 548 g/mol. The van der Waals surface area contributed by atoms with Gasteiger partial charge in [-0.05, 0) is 91.4 Å². The molecule has 5 aromatic rings. The summed E-state index contributed by atoms with van der Waals surface area (Å²) in [6, 6.07) is 30.9. The number of pyridine rings is 1. The minimum absolute atomic E-state index is 0.0251. The molecule has 40 heavy (non-hydrogen) atoms. The van der Waals surface area contributed by atoms with E-state index in [1.54, 1.807) is 18.3 Å². The van der Waals surface area contributed by atoms with E-state index in [0.717, 1.165) is 28.3 Å². The second kappa shape index (κ2) is 10.6. The molecule has 2 aromatic heterocycles. The number of nitrogens with zero attached hydrogens (tertiary/aromatic N) is 3. The molecule has 8 nitrogen and oxygen atoms in total. The summed E-state index contributed by atoms with van der Waals surface area (Å²) in [6.07, 6.45) is 1.75. The van der Waals surface area contributed by atoms with Crippen LogP contribution in [0.1, 0.15) is 29.1 Å². The number of anilines is 1. The van der Waals surface area contributed by atoms with Crippen LogP contribution in [-0.4, -0.2) is 15.0 Å². The third kappa shape index (κ3) is 4.90. The summed E-state index contributed by atoms with van der Waals surface area (Å²) in [5, 5.41) is 15.0. The van der Waals surface area contributed by atoms with Crippen molar-refractivity contribution in [2.75, 3.05) is 4.90 Å². The highest BCUT2D eigenvalue weighted by Crippen LogP contribution is 2.43. The molecule has 0 unspecified atom stereocenters. The molecule has 0 amide bonds. The Bertz CT molecular complexity index is 1670. The number of nitrogens with one attached hydrogen (secondary N) is 1. The quantitative estimate of drug-likeness (QED) is 0.127. The van der Waals surface area contributed by atoms with E-state index in [9.17, 15) is 10.1 Å². The van der Waals surface area contributed by atoms with Crippen molar-refractivity contribution in [1.82, 2.24) is 10.3 Å². The predicted octanol–water partition coefficient (Wildman–Crippen LogP) is 7.53. The summed E-state index contributed by atoms with van der Waals surface area (Å²) in [7, 11) is 0. The average molecular weight is 549 g/mol. The van der Waals surface area contributed by atoms with E-state index in [0.29, 0.717) is 22.4 Å². The lowest BCUT2D eigenvalue weighted by Crippen LogP contribution is -2.29. The van der Waals surface area contributed by atoms with E-state index in [4.69, 9.17) is 21.4 Å².